The van der Waals surface area contributed by atoms with Crippen molar-refractivity contribution >= 4 is 22.8 Å². The number of nitrogens with one attached hydrogen (secondary N) is 2. The van der Waals surface area contributed by atoms with Crippen LogP contribution in [0.25, 0.3) is 11.0 Å². The highest BCUT2D eigenvalue weighted by atomic mass is 16.5. The van der Waals surface area contributed by atoms with Crippen molar-refractivity contribution in [1.82, 2.24) is 10.3 Å². The van der Waals surface area contributed by atoms with Gasteiger partial charge in [0, 0.05) is 11.1 Å². The quantitative estimate of drug-likeness (QED) is 0.680. The van der Waals surface area contributed by atoms with E-state index >= 15 is 0 Å². The third-order valence-electron chi connectivity index (χ3n) is 4.52. The fraction of sp³-hybridized carbons (Fsp3) is 0.300. The molecule has 0 aliphatic carbocycles. The van der Waals surface area contributed by atoms with Gasteiger partial charge in [0.2, 0.25) is 0 Å². The predicted molar refractivity (Wildman–Crippen MR) is 98.3 cm³/mol. The summed E-state index contributed by atoms with van der Waals surface area (Å²) in [5.41, 5.74) is 2.85. The van der Waals surface area contributed by atoms with Crippen LogP contribution in [0.2, 0.25) is 0 Å². The summed E-state index contributed by atoms with van der Waals surface area (Å²) in [7, 11) is 1.33. The molecule has 1 unspecified atom stereocenters. The first-order valence-electron chi connectivity index (χ1n) is 8.55. The van der Waals surface area contributed by atoms with Crippen molar-refractivity contribution in [3.05, 3.63) is 58.6 Å². The Kier molecular flexibility index (Phi) is 4.84. The van der Waals surface area contributed by atoms with Crippen molar-refractivity contribution in [2.24, 2.45) is 0 Å². The molecule has 136 valence electrons. The summed E-state index contributed by atoms with van der Waals surface area (Å²) in [4.78, 5) is 27.8. The lowest BCUT2D eigenvalue weighted by atomic mass is 10.1. The van der Waals surface area contributed by atoms with E-state index in [1.165, 1.54) is 7.11 Å². The van der Waals surface area contributed by atoms with Gasteiger partial charge in [-0.25, -0.2) is 4.79 Å². The number of esters is 1. The number of amides is 1. The first-order chi connectivity index (χ1) is 12.5. The normalized spacial score (nSPS) is 12.2. The molecule has 0 aliphatic heterocycles. The maximum absolute atomic E-state index is 12.7. The molecule has 3 rings (SSSR count). The Hall–Kier alpha value is -3.02. The Labute approximate surface area is 151 Å². The Balaban J connectivity index is 1.85. The van der Waals surface area contributed by atoms with Gasteiger partial charge in [-0.15, -0.1) is 0 Å². The second-order valence-electron chi connectivity index (χ2n) is 6.21. The molecule has 2 aromatic heterocycles. The number of aryl methyl sites for hydroxylation is 1. The number of fused-ring (bicyclic) bond motifs is 1. The van der Waals surface area contributed by atoms with Gasteiger partial charge in [-0.3, -0.25) is 4.79 Å². The summed E-state index contributed by atoms with van der Waals surface area (Å²) in [6.07, 6.45) is 0.595. The number of rotatable bonds is 5. The second-order valence-corrected chi connectivity index (χ2v) is 6.21. The molecule has 1 amide bonds. The summed E-state index contributed by atoms with van der Waals surface area (Å²) in [5, 5.41) is 3.91. The topological polar surface area (TPSA) is 84.3 Å². The summed E-state index contributed by atoms with van der Waals surface area (Å²) in [5.74, 6) is -0.0621. The van der Waals surface area contributed by atoms with E-state index in [2.05, 4.69) is 10.3 Å². The monoisotopic (exact) mass is 354 g/mol. The number of furan rings is 1. The highest BCUT2D eigenvalue weighted by molar-refractivity contribution is 6.00. The summed E-state index contributed by atoms with van der Waals surface area (Å²) < 4.78 is 10.6. The Morgan fingerprint density at radius 3 is 2.69 bits per heavy atom. The predicted octanol–water partition coefficient (Wildman–Crippen LogP) is 3.91. The van der Waals surface area contributed by atoms with Gasteiger partial charge in [0.15, 0.2) is 0 Å². The molecule has 2 N–H and O–H groups in total. The molecular weight excluding hydrogens is 332 g/mol. The van der Waals surface area contributed by atoms with E-state index in [1.807, 2.05) is 44.2 Å². The molecule has 1 atom stereocenters. The zero-order valence-corrected chi connectivity index (χ0v) is 15.3. The van der Waals surface area contributed by atoms with E-state index in [1.54, 1.807) is 6.92 Å². The molecule has 0 spiro atoms. The number of hydrogen-bond donors (Lipinski definition) is 2. The Morgan fingerprint density at radius 2 is 2.04 bits per heavy atom. The van der Waals surface area contributed by atoms with Crippen LogP contribution in [-0.2, 0) is 11.2 Å². The van der Waals surface area contributed by atoms with Crippen LogP contribution >= 0.6 is 0 Å². The van der Waals surface area contributed by atoms with Gasteiger partial charge in [0.25, 0.3) is 5.91 Å². The number of methoxy groups -OCH3 is 1. The molecule has 1 aromatic carbocycles. The lowest BCUT2D eigenvalue weighted by Crippen LogP contribution is -2.27. The highest BCUT2D eigenvalue weighted by Gasteiger charge is 2.25. The smallest absolute Gasteiger partial charge is 0.339 e. The van der Waals surface area contributed by atoms with Crippen molar-refractivity contribution in [2.45, 2.75) is 33.2 Å². The number of carbonyl (C=O) groups excluding carboxylic acids is 2. The zero-order chi connectivity index (χ0) is 18.8. The number of aromatic amines is 1. The minimum absolute atomic E-state index is 0.291. The van der Waals surface area contributed by atoms with E-state index < -0.39 is 5.97 Å². The van der Waals surface area contributed by atoms with Crippen molar-refractivity contribution in [3.63, 3.8) is 0 Å². The fourth-order valence-electron chi connectivity index (χ4n) is 3.08. The van der Waals surface area contributed by atoms with Gasteiger partial charge >= 0.3 is 5.97 Å². The Bertz CT molecular complexity index is 935. The van der Waals surface area contributed by atoms with Crippen LogP contribution in [0, 0.1) is 6.92 Å². The maximum atomic E-state index is 12.7. The third-order valence-corrected chi connectivity index (χ3v) is 4.52. The van der Waals surface area contributed by atoms with Crippen LogP contribution in [0.1, 0.15) is 57.8 Å². The van der Waals surface area contributed by atoms with Crippen molar-refractivity contribution < 1.29 is 18.7 Å². The minimum Gasteiger partial charge on any atom is -0.465 e. The number of para-hydroxylation sites is 1. The van der Waals surface area contributed by atoms with Crippen LogP contribution in [0.5, 0.6) is 0 Å². The van der Waals surface area contributed by atoms with E-state index in [-0.39, 0.29) is 11.9 Å². The summed E-state index contributed by atoms with van der Waals surface area (Å²) in [6, 6.07) is 9.29. The van der Waals surface area contributed by atoms with Crippen molar-refractivity contribution in [2.75, 3.05) is 7.11 Å². The first kappa shape index (κ1) is 17.8. The molecule has 0 aliphatic rings. The van der Waals surface area contributed by atoms with Crippen molar-refractivity contribution in [1.29, 1.82) is 0 Å². The maximum Gasteiger partial charge on any atom is 0.339 e. The SMILES string of the molecule is CCc1[nH]c(C(=O)NC(C)c2cc3ccccc3o2)c(C)c1C(=O)OC. The number of benzene rings is 1. The number of hydrogen-bond acceptors (Lipinski definition) is 4. The lowest BCUT2D eigenvalue weighted by molar-refractivity contribution is 0.0599. The van der Waals surface area contributed by atoms with Crippen molar-refractivity contribution in [3.8, 4) is 0 Å². The Morgan fingerprint density at radius 1 is 1.31 bits per heavy atom. The number of ether oxygens (including phenoxy) is 1. The molecular formula is C20H22N2O4. The highest BCUT2D eigenvalue weighted by Crippen LogP contribution is 2.25. The molecule has 0 saturated heterocycles. The minimum atomic E-state index is -0.444. The average Bonchev–Trinajstić information content (AvgIpc) is 3.22. The van der Waals surface area contributed by atoms with Gasteiger partial charge < -0.3 is 19.5 Å². The molecule has 3 aromatic rings. The van der Waals surface area contributed by atoms with Gasteiger partial charge in [-0.1, -0.05) is 25.1 Å². The molecule has 26 heavy (non-hydrogen) atoms. The van der Waals surface area contributed by atoms with Gasteiger partial charge in [0.05, 0.1) is 18.7 Å². The van der Waals surface area contributed by atoms with E-state index in [0.29, 0.717) is 34.7 Å². The largest absolute Gasteiger partial charge is 0.465 e. The zero-order valence-electron chi connectivity index (χ0n) is 15.3. The van der Waals surface area contributed by atoms with Crippen LogP contribution in [0.15, 0.2) is 34.7 Å². The standard InChI is InChI=1S/C20H22N2O4/c1-5-14-17(20(24)25-4)11(2)18(22-14)19(23)21-12(3)16-10-13-8-6-7-9-15(13)26-16/h6-10,12,22H,5H2,1-4H3,(H,21,23). The first-order valence-corrected chi connectivity index (χ1v) is 8.55. The molecule has 0 radical (unpaired) electrons. The van der Waals surface area contributed by atoms with Gasteiger partial charge in [-0.05, 0) is 38.0 Å². The summed E-state index contributed by atoms with van der Waals surface area (Å²) >= 11 is 0. The van der Waals surface area contributed by atoms with Crippen LogP contribution in [0.4, 0.5) is 0 Å². The van der Waals surface area contributed by atoms with Crippen LogP contribution in [0.3, 0.4) is 0 Å². The van der Waals surface area contributed by atoms with E-state index in [9.17, 15) is 9.59 Å². The van der Waals surface area contributed by atoms with Gasteiger partial charge in [0.1, 0.15) is 17.0 Å². The number of carbonyl (C=O) groups is 2. The van der Waals surface area contributed by atoms with E-state index in [4.69, 9.17) is 9.15 Å². The number of aromatic nitrogens is 1. The lowest BCUT2D eigenvalue weighted by Gasteiger charge is -2.11. The fourth-order valence-corrected chi connectivity index (χ4v) is 3.08. The molecule has 0 fully saturated rings. The van der Waals surface area contributed by atoms with Crippen LogP contribution < -0.4 is 5.32 Å². The molecule has 0 bridgehead atoms. The third kappa shape index (κ3) is 3.10. The van der Waals surface area contributed by atoms with E-state index in [0.717, 1.165) is 11.0 Å². The second kappa shape index (κ2) is 7.07. The molecule has 0 saturated carbocycles. The van der Waals surface area contributed by atoms with Crippen LogP contribution in [-0.4, -0.2) is 24.0 Å². The molecule has 2 heterocycles. The number of H-pyrrole nitrogens is 1. The average molecular weight is 354 g/mol. The van der Waals surface area contributed by atoms with Gasteiger partial charge in [-0.2, -0.15) is 0 Å². The molecule has 6 heteroatoms. The summed E-state index contributed by atoms with van der Waals surface area (Å²) in [6.45, 7) is 5.51. The molecule has 6 nitrogen and oxygen atoms in total.